The summed E-state index contributed by atoms with van der Waals surface area (Å²) in [6.07, 6.45) is 0.983. The third-order valence-corrected chi connectivity index (χ3v) is 5.00. The van der Waals surface area contributed by atoms with E-state index < -0.39 is 0 Å². The summed E-state index contributed by atoms with van der Waals surface area (Å²) in [6.45, 7) is 10.6. The summed E-state index contributed by atoms with van der Waals surface area (Å²) in [6, 6.07) is 14.3. The number of aryl methyl sites for hydroxylation is 1. The Hall–Kier alpha value is -3.02. The summed E-state index contributed by atoms with van der Waals surface area (Å²) in [5.41, 5.74) is 5.31. The standard InChI is InChI=1S/C23H29N5O/c1-6-17-10-12-18(13-11-17)23-25-27-28(26-23)14-21(29)24-22-19(15(2)3)8-7-9-20(22)16(4)5/h7-13,15-16H,6,14H2,1-5H3,(H,24,29). The van der Waals surface area contributed by atoms with E-state index in [1.54, 1.807) is 0 Å². The third kappa shape index (κ3) is 4.88. The van der Waals surface area contributed by atoms with Gasteiger partial charge in [0.1, 0.15) is 6.54 Å². The van der Waals surface area contributed by atoms with Crippen molar-refractivity contribution in [2.45, 2.75) is 59.4 Å². The molecule has 6 nitrogen and oxygen atoms in total. The second kappa shape index (κ2) is 8.99. The minimum Gasteiger partial charge on any atom is -0.324 e. The van der Waals surface area contributed by atoms with Crippen LogP contribution >= 0.6 is 0 Å². The predicted molar refractivity (Wildman–Crippen MR) is 116 cm³/mol. The first-order chi connectivity index (χ1) is 13.9. The highest BCUT2D eigenvalue weighted by Gasteiger charge is 2.17. The van der Waals surface area contributed by atoms with Crippen LogP contribution in [0.5, 0.6) is 0 Å². The Morgan fingerprint density at radius 3 is 2.17 bits per heavy atom. The van der Waals surface area contributed by atoms with Gasteiger partial charge in [-0.2, -0.15) is 4.80 Å². The van der Waals surface area contributed by atoms with Crippen LogP contribution in [0, 0.1) is 0 Å². The average molecular weight is 392 g/mol. The lowest BCUT2D eigenvalue weighted by atomic mass is 9.92. The lowest BCUT2D eigenvalue weighted by molar-refractivity contribution is -0.117. The van der Waals surface area contributed by atoms with Crippen molar-refractivity contribution in [3.05, 3.63) is 59.2 Å². The number of aromatic nitrogens is 4. The van der Waals surface area contributed by atoms with Gasteiger partial charge >= 0.3 is 0 Å². The molecule has 3 rings (SSSR count). The maximum Gasteiger partial charge on any atom is 0.248 e. The molecule has 0 aliphatic carbocycles. The number of carbonyl (C=O) groups is 1. The molecule has 0 unspecified atom stereocenters. The van der Waals surface area contributed by atoms with Crippen molar-refractivity contribution in [3.8, 4) is 11.4 Å². The highest BCUT2D eigenvalue weighted by Crippen LogP contribution is 2.32. The number of benzene rings is 2. The summed E-state index contributed by atoms with van der Waals surface area (Å²) in [5.74, 6) is 0.980. The molecule has 0 aliphatic rings. The van der Waals surface area contributed by atoms with Crippen molar-refractivity contribution >= 4 is 11.6 Å². The smallest absolute Gasteiger partial charge is 0.248 e. The van der Waals surface area contributed by atoms with Crippen molar-refractivity contribution in [1.82, 2.24) is 20.2 Å². The molecule has 2 aromatic carbocycles. The number of para-hydroxylation sites is 1. The van der Waals surface area contributed by atoms with E-state index >= 15 is 0 Å². The first kappa shape index (κ1) is 20.7. The van der Waals surface area contributed by atoms with Gasteiger partial charge in [-0.05, 0) is 40.2 Å². The van der Waals surface area contributed by atoms with Crippen molar-refractivity contribution in [2.24, 2.45) is 0 Å². The first-order valence-corrected chi connectivity index (χ1v) is 10.2. The highest BCUT2D eigenvalue weighted by atomic mass is 16.2. The molecule has 1 heterocycles. The normalized spacial score (nSPS) is 11.3. The van der Waals surface area contributed by atoms with E-state index in [4.69, 9.17) is 0 Å². The zero-order valence-electron chi connectivity index (χ0n) is 17.8. The number of anilines is 1. The van der Waals surface area contributed by atoms with E-state index in [0.29, 0.717) is 17.7 Å². The van der Waals surface area contributed by atoms with Gasteiger partial charge in [0.05, 0.1) is 0 Å². The molecule has 0 bridgehead atoms. The topological polar surface area (TPSA) is 72.7 Å². The molecule has 0 atom stereocenters. The fourth-order valence-corrected chi connectivity index (χ4v) is 3.32. The van der Waals surface area contributed by atoms with Gasteiger partial charge in [0.25, 0.3) is 0 Å². The lowest BCUT2D eigenvalue weighted by Gasteiger charge is -2.20. The summed E-state index contributed by atoms with van der Waals surface area (Å²) in [4.78, 5) is 14.1. The van der Waals surface area contributed by atoms with E-state index in [2.05, 4.69) is 85.7 Å². The number of carbonyl (C=O) groups excluding carboxylic acids is 1. The van der Waals surface area contributed by atoms with E-state index in [1.165, 1.54) is 10.4 Å². The largest absolute Gasteiger partial charge is 0.324 e. The molecule has 3 aromatic rings. The minimum absolute atomic E-state index is 0.0179. The molecule has 0 radical (unpaired) electrons. The molecular weight excluding hydrogens is 362 g/mol. The maximum atomic E-state index is 12.7. The summed E-state index contributed by atoms with van der Waals surface area (Å²) in [5, 5.41) is 15.6. The van der Waals surface area contributed by atoms with Gasteiger partial charge in [-0.15, -0.1) is 10.2 Å². The lowest BCUT2D eigenvalue weighted by Crippen LogP contribution is -2.22. The van der Waals surface area contributed by atoms with Crippen molar-refractivity contribution in [2.75, 3.05) is 5.32 Å². The quantitative estimate of drug-likeness (QED) is 0.628. The molecule has 1 N–H and O–H groups in total. The van der Waals surface area contributed by atoms with Gasteiger partial charge in [-0.3, -0.25) is 4.79 Å². The number of nitrogens with zero attached hydrogens (tertiary/aromatic N) is 4. The van der Waals surface area contributed by atoms with Gasteiger partial charge in [0.15, 0.2) is 0 Å². The Bertz CT molecular complexity index is 947. The average Bonchev–Trinajstić information content (AvgIpc) is 3.16. The maximum absolute atomic E-state index is 12.7. The minimum atomic E-state index is -0.162. The molecule has 0 fully saturated rings. The zero-order chi connectivity index (χ0) is 21.0. The molecule has 0 saturated heterocycles. The molecule has 1 amide bonds. The molecule has 152 valence electrons. The SMILES string of the molecule is CCc1ccc(-c2nnn(CC(=O)Nc3c(C(C)C)cccc3C(C)C)n2)cc1. The number of rotatable bonds is 7. The number of amides is 1. The van der Waals surface area contributed by atoms with Crippen molar-refractivity contribution in [1.29, 1.82) is 0 Å². The number of nitrogens with one attached hydrogen (secondary N) is 1. The van der Waals surface area contributed by atoms with Crippen LogP contribution in [0.2, 0.25) is 0 Å². The Morgan fingerprint density at radius 2 is 1.62 bits per heavy atom. The van der Waals surface area contributed by atoms with Crippen LogP contribution in [0.3, 0.4) is 0 Å². The van der Waals surface area contributed by atoms with Crippen LogP contribution in [-0.2, 0) is 17.8 Å². The van der Waals surface area contributed by atoms with Crippen LogP contribution in [0.1, 0.15) is 63.1 Å². The van der Waals surface area contributed by atoms with E-state index in [9.17, 15) is 4.79 Å². The van der Waals surface area contributed by atoms with Crippen LogP contribution < -0.4 is 5.32 Å². The Kier molecular flexibility index (Phi) is 6.42. The highest BCUT2D eigenvalue weighted by molar-refractivity contribution is 5.92. The van der Waals surface area contributed by atoms with Crippen LogP contribution in [0.4, 0.5) is 5.69 Å². The third-order valence-electron chi connectivity index (χ3n) is 5.00. The Labute approximate surface area is 172 Å². The number of tetrazole rings is 1. The van der Waals surface area contributed by atoms with Crippen LogP contribution in [0.15, 0.2) is 42.5 Å². The fraction of sp³-hybridized carbons (Fsp3) is 0.391. The number of hydrogen-bond acceptors (Lipinski definition) is 4. The molecule has 6 heteroatoms. The predicted octanol–water partition coefficient (Wildman–Crippen LogP) is 4.79. The molecule has 0 saturated carbocycles. The van der Waals surface area contributed by atoms with E-state index in [0.717, 1.165) is 28.8 Å². The van der Waals surface area contributed by atoms with E-state index in [1.807, 2.05) is 12.1 Å². The molecule has 29 heavy (non-hydrogen) atoms. The Balaban J connectivity index is 1.76. The van der Waals surface area contributed by atoms with Crippen LogP contribution in [-0.4, -0.2) is 26.1 Å². The molecule has 0 spiro atoms. The van der Waals surface area contributed by atoms with Gasteiger partial charge in [-0.1, -0.05) is 77.1 Å². The molecular formula is C23H29N5O. The van der Waals surface area contributed by atoms with Gasteiger partial charge in [-0.25, -0.2) is 0 Å². The second-order valence-corrected chi connectivity index (χ2v) is 7.86. The fourth-order valence-electron chi connectivity index (χ4n) is 3.32. The van der Waals surface area contributed by atoms with Crippen molar-refractivity contribution < 1.29 is 4.79 Å². The van der Waals surface area contributed by atoms with Gasteiger partial charge in [0, 0.05) is 11.3 Å². The monoisotopic (exact) mass is 391 g/mol. The summed E-state index contributed by atoms with van der Waals surface area (Å²) >= 11 is 0. The van der Waals surface area contributed by atoms with Gasteiger partial charge < -0.3 is 5.32 Å². The molecule has 1 aromatic heterocycles. The first-order valence-electron chi connectivity index (χ1n) is 10.2. The van der Waals surface area contributed by atoms with Crippen molar-refractivity contribution in [3.63, 3.8) is 0 Å². The summed E-state index contributed by atoms with van der Waals surface area (Å²) in [7, 11) is 0. The Morgan fingerprint density at radius 1 is 1.00 bits per heavy atom. The molecule has 0 aliphatic heterocycles. The number of hydrogen-bond donors (Lipinski definition) is 1. The summed E-state index contributed by atoms with van der Waals surface area (Å²) < 4.78 is 0. The van der Waals surface area contributed by atoms with Crippen LogP contribution in [0.25, 0.3) is 11.4 Å². The van der Waals surface area contributed by atoms with E-state index in [-0.39, 0.29) is 12.5 Å². The van der Waals surface area contributed by atoms with Gasteiger partial charge in [0.2, 0.25) is 11.7 Å². The zero-order valence-corrected chi connectivity index (χ0v) is 17.8. The second-order valence-electron chi connectivity index (χ2n) is 7.86.